The number of rotatable bonds is 3. The summed E-state index contributed by atoms with van der Waals surface area (Å²) in [6.07, 6.45) is 3.93. The van der Waals surface area contributed by atoms with Crippen LogP contribution in [0.3, 0.4) is 0 Å². The van der Waals surface area contributed by atoms with E-state index >= 15 is 0 Å². The SMILES string of the molecule is COC(=O)/C(C#N)=C1/CCCC1C(SC)=C(C#N)C#N. The van der Waals surface area contributed by atoms with Crippen LogP contribution >= 0.6 is 11.8 Å². The maximum atomic E-state index is 11.6. The summed E-state index contributed by atoms with van der Waals surface area (Å²) in [5, 5.41) is 27.2. The van der Waals surface area contributed by atoms with Gasteiger partial charge in [-0.3, -0.25) is 0 Å². The molecule has 6 heteroatoms. The van der Waals surface area contributed by atoms with Gasteiger partial charge in [0.2, 0.25) is 0 Å². The lowest BCUT2D eigenvalue weighted by Gasteiger charge is -2.16. The second-order valence-electron chi connectivity index (χ2n) is 4.12. The summed E-state index contributed by atoms with van der Waals surface area (Å²) in [6.45, 7) is 0. The van der Waals surface area contributed by atoms with Gasteiger partial charge in [0.1, 0.15) is 29.4 Å². The van der Waals surface area contributed by atoms with Crippen molar-refractivity contribution >= 4 is 17.7 Å². The number of ether oxygens (including phenoxy) is 1. The zero-order chi connectivity index (χ0) is 15.1. The molecule has 0 aromatic heterocycles. The quantitative estimate of drug-likeness (QED) is 0.449. The van der Waals surface area contributed by atoms with Crippen molar-refractivity contribution in [2.24, 2.45) is 5.92 Å². The predicted molar refractivity (Wildman–Crippen MR) is 73.8 cm³/mol. The molecule has 0 amide bonds. The molecule has 0 heterocycles. The monoisotopic (exact) mass is 287 g/mol. The van der Waals surface area contributed by atoms with Crippen molar-refractivity contribution in [2.45, 2.75) is 19.3 Å². The molecule has 1 aliphatic rings. The van der Waals surface area contributed by atoms with Crippen LogP contribution in [0.5, 0.6) is 0 Å². The molecule has 1 aliphatic carbocycles. The minimum absolute atomic E-state index is 0.00298. The lowest BCUT2D eigenvalue weighted by Crippen LogP contribution is -2.11. The van der Waals surface area contributed by atoms with Crippen LogP contribution in [0, 0.1) is 39.9 Å². The predicted octanol–water partition coefficient (Wildman–Crippen LogP) is 2.44. The highest BCUT2D eigenvalue weighted by atomic mass is 32.2. The van der Waals surface area contributed by atoms with Gasteiger partial charge in [0.15, 0.2) is 0 Å². The highest BCUT2D eigenvalue weighted by Crippen LogP contribution is 2.43. The van der Waals surface area contributed by atoms with Crippen LogP contribution in [0.1, 0.15) is 19.3 Å². The van der Waals surface area contributed by atoms with Crippen molar-refractivity contribution < 1.29 is 9.53 Å². The van der Waals surface area contributed by atoms with E-state index in [9.17, 15) is 4.79 Å². The zero-order valence-corrected chi connectivity index (χ0v) is 12.1. The van der Waals surface area contributed by atoms with Crippen molar-refractivity contribution in [3.8, 4) is 18.2 Å². The molecule has 0 N–H and O–H groups in total. The van der Waals surface area contributed by atoms with Gasteiger partial charge in [-0.15, -0.1) is 11.8 Å². The van der Waals surface area contributed by atoms with Gasteiger partial charge in [-0.05, 0) is 31.1 Å². The summed E-state index contributed by atoms with van der Waals surface area (Å²) in [4.78, 5) is 12.3. The van der Waals surface area contributed by atoms with Gasteiger partial charge in [-0.25, -0.2) is 4.79 Å². The van der Waals surface area contributed by atoms with Crippen LogP contribution in [0.15, 0.2) is 21.6 Å². The van der Waals surface area contributed by atoms with E-state index in [0.717, 1.165) is 12.8 Å². The number of nitriles is 3. The van der Waals surface area contributed by atoms with Gasteiger partial charge in [-0.1, -0.05) is 0 Å². The third kappa shape index (κ3) is 3.02. The Kier molecular flexibility index (Phi) is 5.84. The Morgan fingerprint density at radius 1 is 1.30 bits per heavy atom. The summed E-state index contributed by atoms with van der Waals surface area (Å²) in [7, 11) is 1.23. The van der Waals surface area contributed by atoms with E-state index in [0.29, 0.717) is 16.9 Å². The average Bonchev–Trinajstić information content (AvgIpc) is 2.94. The van der Waals surface area contributed by atoms with Gasteiger partial charge >= 0.3 is 5.97 Å². The molecule has 1 atom stereocenters. The molecule has 0 saturated heterocycles. The Morgan fingerprint density at radius 3 is 2.40 bits per heavy atom. The Balaban J connectivity index is 3.40. The number of carbonyl (C=O) groups is 1. The third-order valence-corrected chi connectivity index (χ3v) is 4.12. The van der Waals surface area contributed by atoms with Crippen molar-refractivity contribution in [3.05, 3.63) is 21.6 Å². The highest BCUT2D eigenvalue weighted by Gasteiger charge is 2.31. The molecule has 0 aromatic rings. The van der Waals surface area contributed by atoms with Crippen molar-refractivity contribution in [2.75, 3.05) is 13.4 Å². The average molecular weight is 287 g/mol. The van der Waals surface area contributed by atoms with E-state index < -0.39 is 5.97 Å². The van der Waals surface area contributed by atoms with Crippen LogP contribution in [0.25, 0.3) is 0 Å². The Labute approximate surface area is 122 Å². The summed E-state index contributed by atoms with van der Waals surface area (Å²) in [6, 6.07) is 5.64. The summed E-state index contributed by atoms with van der Waals surface area (Å²) < 4.78 is 4.62. The molecule has 0 spiro atoms. The summed E-state index contributed by atoms with van der Waals surface area (Å²) in [5.41, 5.74) is 0.715. The smallest absolute Gasteiger partial charge is 0.348 e. The highest BCUT2D eigenvalue weighted by molar-refractivity contribution is 8.02. The first-order chi connectivity index (χ1) is 9.64. The molecule has 0 aromatic carbocycles. The number of esters is 1. The first-order valence-electron chi connectivity index (χ1n) is 5.94. The minimum Gasteiger partial charge on any atom is -0.465 e. The molecule has 1 saturated carbocycles. The fraction of sp³-hybridized carbons (Fsp3) is 0.429. The van der Waals surface area contributed by atoms with Crippen molar-refractivity contribution in [1.82, 2.24) is 0 Å². The minimum atomic E-state index is -0.662. The number of hydrogen-bond donors (Lipinski definition) is 0. The van der Waals surface area contributed by atoms with E-state index in [1.165, 1.54) is 18.9 Å². The van der Waals surface area contributed by atoms with Gasteiger partial charge < -0.3 is 4.74 Å². The molecule has 0 radical (unpaired) electrons. The van der Waals surface area contributed by atoms with E-state index in [-0.39, 0.29) is 17.1 Å². The maximum Gasteiger partial charge on any atom is 0.348 e. The third-order valence-electron chi connectivity index (χ3n) is 3.19. The lowest BCUT2D eigenvalue weighted by atomic mass is 9.95. The summed E-state index contributed by atoms with van der Waals surface area (Å²) in [5.74, 6) is -0.877. The number of carbonyl (C=O) groups excluding carboxylic acids is 1. The van der Waals surface area contributed by atoms with E-state index in [4.69, 9.17) is 15.8 Å². The van der Waals surface area contributed by atoms with E-state index in [2.05, 4.69) is 4.74 Å². The number of methoxy groups -OCH3 is 1. The van der Waals surface area contributed by atoms with Crippen LogP contribution in [0.4, 0.5) is 0 Å². The van der Waals surface area contributed by atoms with Crippen LogP contribution in [0.2, 0.25) is 0 Å². The largest absolute Gasteiger partial charge is 0.465 e. The molecule has 20 heavy (non-hydrogen) atoms. The first kappa shape index (κ1) is 15.8. The molecule has 5 nitrogen and oxygen atoms in total. The van der Waals surface area contributed by atoms with E-state index in [1.54, 1.807) is 6.26 Å². The molecule has 102 valence electrons. The molecule has 0 aliphatic heterocycles. The number of hydrogen-bond acceptors (Lipinski definition) is 6. The molecule has 0 bridgehead atoms. The van der Waals surface area contributed by atoms with Crippen molar-refractivity contribution in [1.29, 1.82) is 15.8 Å². The Bertz CT molecular complexity index is 583. The van der Waals surface area contributed by atoms with Crippen LogP contribution < -0.4 is 0 Å². The number of thioether (sulfide) groups is 1. The molecular weight excluding hydrogens is 274 g/mol. The fourth-order valence-corrected chi connectivity index (χ4v) is 3.18. The second-order valence-corrected chi connectivity index (χ2v) is 4.96. The fourth-order valence-electron chi connectivity index (χ4n) is 2.34. The molecule has 1 unspecified atom stereocenters. The maximum absolute atomic E-state index is 11.6. The topological polar surface area (TPSA) is 97.7 Å². The van der Waals surface area contributed by atoms with Gasteiger partial charge in [0.05, 0.1) is 7.11 Å². The lowest BCUT2D eigenvalue weighted by molar-refractivity contribution is -0.135. The Morgan fingerprint density at radius 2 is 1.95 bits per heavy atom. The van der Waals surface area contributed by atoms with Gasteiger partial charge in [0.25, 0.3) is 0 Å². The van der Waals surface area contributed by atoms with Gasteiger partial charge in [0, 0.05) is 10.8 Å². The Hall–Kier alpha value is -2.23. The zero-order valence-electron chi connectivity index (χ0n) is 11.3. The number of allylic oxidation sites excluding steroid dienone is 3. The van der Waals surface area contributed by atoms with Gasteiger partial charge in [-0.2, -0.15) is 15.8 Å². The van der Waals surface area contributed by atoms with E-state index in [1.807, 2.05) is 18.2 Å². The molecule has 1 rings (SSSR count). The van der Waals surface area contributed by atoms with Crippen molar-refractivity contribution in [3.63, 3.8) is 0 Å². The second kappa shape index (κ2) is 7.38. The standard InChI is InChI=1S/C14H13N3O2S/c1-19-14(18)12(8-17)10-4-3-5-11(10)13(20-2)9(6-15)7-16/h11H,3-5H2,1-2H3/b12-10-. The first-order valence-corrected chi connectivity index (χ1v) is 7.16. The van der Waals surface area contributed by atoms with Crippen LogP contribution in [-0.4, -0.2) is 19.3 Å². The van der Waals surface area contributed by atoms with Crippen LogP contribution in [-0.2, 0) is 9.53 Å². The molecular formula is C14H13N3O2S. The number of nitrogens with zero attached hydrogens (tertiary/aromatic N) is 3. The molecule has 1 fully saturated rings. The normalized spacial score (nSPS) is 19.2. The summed E-state index contributed by atoms with van der Waals surface area (Å²) >= 11 is 1.31.